The molecule has 0 spiro atoms. The zero-order valence-corrected chi connectivity index (χ0v) is 12.6. The third-order valence-electron chi connectivity index (χ3n) is 3.88. The van der Waals surface area contributed by atoms with Gasteiger partial charge in [-0.15, -0.1) is 0 Å². The smallest absolute Gasteiger partial charge is 0.271 e. The van der Waals surface area contributed by atoms with Gasteiger partial charge in [-0.2, -0.15) is 0 Å². The first-order valence-electron chi connectivity index (χ1n) is 7.37. The Morgan fingerprint density at radius 1 is 1.50 bits per heavy atom. The summed E-state index contributed by atoms with van der Waals surface area (Å²) in [4.78, 5) is 22.6. The summed E-state index contributed by atoms with van der Waals surface area (Å²) in [5, 5.41) is 2.95. The van der Waals surface area contributed by atoms with Crippen LogP contribution in [0.3, 0.4) is 0 Å². The number of nitrogens with one attached hydrogen (secondary N) is 1. The van der Waals surface area contributed by atoms with Gasteiger partial charge in [0, 0.05) is 25.3 Å². The maximum Gasteiger partial charge on any atom is 0.271 e. The van der Waals surface area contributed by atoms with Crippen LogP contribution in [0.1, 0.15) is 42.9 Å². The second kappa shape index (κ2) is 6.79. The maximum atomic E-state index is 12.0. The molecule has 1 aliphatic rings. The number of amides is 1. The average molecular weight is 276 g/mol. The number of hydrogen-bond acceptors (Lipinski definition) is 4. The van der Waals surface area contributed by atoms with Gasteiger partial charge in [-0.1, -0.05) is 6.92 Å². The van der Waals surface area contributed by atoms with E-state index in [9.17, 15) is 4.79 Å². The number of hydrogen-bond donors (Lipinski definition) is 1. The summed E-state index contributed by atoms with van der Waals surface area (Å²) in [5.74, 6) is 0.610. The Bertz CT molecular complexity index is 446. The molecule has 5 heteroatoms. The van der Waals surface area contributed by atoms with Gasteiger partial charge in [0.2, 0.25) is 0 Å². The van der Waals surface area contributed by atoms with Crippen LogP contribution < -0.4 is 5.32 Å². The van der Waals surface area contributed by atoms with Crippen LogP contribution in [0.2, 0.25) is 0 Å². The van der Waals surface area contributed by atoms with E-state index >= 15 is 0 Å². The van der Waals surface area contributed by atoms with Crippen LogP contribution in [0.5, 0.6) is 0 Å². The Hall–Kier alpha value is -1.49. The fourth-order valence-corrected chi connectivity index (χ4v) is 2.60. The normalized spacial score (nSPS) is 21.4. The number of likely N-dealkylation sites (tertiary alicyclic amines) is 1. The zero-order valence-electron chi connectivity index (χ0n) is 12.6. The minimum Gasteiger partial charge on any atom is -0.349 e. The summed E-state index contributed by atoms with van der Waals surface area (Å²) in [6.07, 6.45) is 5.71. The maximum absolute atomic E-state index is 12.0. The first kappa shape index (κ1) is 14.9. The van der Waals surface area contributed by atoms with Crippen molar-refractivity contribution in [3.63, 3.8) is 0 Å². The van der Waals surface area contributed by atoms with Crippen LogP contribution in [0, 0.1) is 12.8 Å². The van der Waals surface area contributed by atoms with E-state index < -0.39 is 0 Å². The molecule has 1 fully saturated rings. The molecule has 1 saturated heterocycles. The lowest BCUT2D eigenvalue weighted by Crippen LogP contribution is -2.46. The summed E-state index contributed by atoms with van der Waals surface area (Å²) < 4.78 is 0. The zero-order chi connectivity index (χ0) is 14.5. The molecule has 0 aromatic carbocycles. The van der Waals surface area contributed by atoms with Crippen molar-refractivity contribution in [1.29, 1.82) is 0 Å². The SMILES string of the molecule is Cc1cnc(C(=O)NC[C@H](C)N2CCC[C@@H](C)C2)cn1. The van der Waals surface area contributed by atoms with E-state index in [2.05, 4.69) is 34.0 Å². The summed E-state index contributed by atoms with van der Waals surface area (Å²) in [5.41, 5.74) is 1.20. The van der Waals surface area contributed by atoms with Crippen LogP contribution in [0.25, 0.3) is 0 Å². The third kappa shape index (κ3) is 4.00. The molecule has 0 saturated carbocycles. The molecule has 2 atom stereocenters. The number of aryl methyl sites for hydroxylation is 1. The van der Waals surface area contributed by atoms with Crippen molar-refractivity contribution in [2.45, 2.75) is 39.7 Å². The van der Waals surface area contributed by atoms with Gasteiger partial charge in [0.15, 0.2) is 0 Å². The molecule has 1 aromatic heterocycles. The lowest BCUT2D eigenvalue weighted by Gasteiger charge is -2.35. The standard InChI is InChI=1S/C15H24N4O/c1-11-5-4-6-19(10-11)13(3)8-18-15(20)14-9-16-12(2)7-17-14/h7,9,11,13H,4-6,8,10H2,1-3H3,(H,18,20)/t11-,13+/m1/s1. The highest BCUT2D eigenvalue weighted by Crippen LogP contribution is 2.17. The molecule has 2 rings (SSSR count). The second-order valence-corrected chi connectivity index (χ2v) is 5.84. The number of carbonyl (C=O) groups is 1. The van der Waals surface area contributed by atoms with E-state index in [4.69, 9.17) is 0 Å². The molecule has 1 aromatic rings. The van der Waals surface area contributed by atoms with Crippen molar-refractivity contribution in [3.05, 3.63) is 23.8 Å². The van der Waals surface area contributed by atoms with Gasteiger partial charge in [-0.3, -0.25) is 14.7 Å². The van der Waals surface area contributed by atoms with Crippen LogP contribution in [0.4, 0.5) is 0 Å². The van der Waals surface area contributed by atoms with Gasteiger partial charge in [-0.25, -0.2) is 4.98 Å². The quantitative estimate of drug-likeness (QED) is 0.908. The van der Waals surface area contributed by atoms with Gasteiger partial charge >= 0.3 is 0 Å². The van der Waals surface area contributed by atoms with Gasteiger partial charge in [-0.05, 0) is 39.2 Å². The average Bonchev–Trinajstić information content (AvgIpc) is 2.45. The van der Waals surface area contributed by atoms with Crippen molar-refractivity contribution < 1.29 is 4.79 Å². The molecule has 0 radical (unpaired) electrons. The molecule has 0 bridgehead atoms. The molecule has 0 unspecified atom stereocenters. The number of nitrogens with zero attached hydrogens (tertiary/aromatic N) is 3. The Kier molecular flexibility index (Phi) is 5.06. The highest BCUT2D eigenvalue weighted by molar-refractivity contribution is 5.91. The number of aromatic nitrogens is 2. The predicted molar refractivity (Wildman–Crippen MR) is 78.5 cm³/mol. The molecule has 5 nitrogen and oxygen atoms in total. The second-order valence-electron chi connectivity index (χ2n) is 5.84. The first-order chi connectivity index (χ1) is 9.56. The Labute approximate surface area is 120 Å². The summed E-state index contributed by atoms with van der Waals surface area (Å²) in [7, 11) is 0. The molecule has 1 N–H and O–H groups in total. The van der Waals surface area contributed by atoms with Crippen molar-refractivity contribution in [2.75, 3.05) is 19.6 Å². The number of piperidine rings is 1. The predicted octanol–water partition coefficient (Wildman–Crippen LogP) is 1.64. The van der Waals surface area contributed by atoms with Crippen molar-refractivity contribution in [1.82, 2.24) is 20.2 Å². The van der Waals surface area contributed by atoms with Crippen LogP contribution in [-0.4, -0.2) is 46.5 Å². The van der Waals surface area contributed by atoms with Crippen LogP contribution in [-0.2, 0) is 0 Å². The summed E-state index contributed by atoms with van der Waals surface area (Å²) in [6.45, 7) is 9.22. The summed E-state index contributed by atoms with van der Waals surface area (Å²) in [6, 6.07) is 0.361. The topological polar surface area (TPSA) is 58.1 Å². The third-order valence-corrected chi connectivity index (χ3v) is 3.88. The van der Waals surface area contributed by atoms with E-state index in [1.165, 1.54) is 19.0 Å². The van der Waals surface area contributed by atoms with E-state index in [1.807, 2.05) is 6.92 Å². The molecule has 0 aliphatic carbocycles. The highest BCUT2D eigenvalue weighted by atomic mass is 16.1. The van der Waals surface area contributed by atoms with Gasteiger partial charge in [0.1, 0.15) is 5.69 Å². The number of carbonyl (C=O) groups excluding carboxylic acids is 1. The monoisotopic (exact) mass is 276 g/mol. The van der Waals surface area contributed by atoms with E-state index in [-0.39, 0.29) is 5.91 Å². The van der Waals surface area contributed by atoms with Gasteiger partial charge < -0.3 is 5.32 Å². The summed E-state index contributed by atoms with van der Waals surface area (Å²) >= 11 is 0. The van der Waals surface area contributed by atoms with Crippen LogP contribution in [0.15, 0.2) is 12.4 Å². The molecule has 110 valence electrons. The Morgan fingerprint density at radius 3 is 2.95 bits per heavy atom. The largest absolute Gasteiger partial charge is 0.349 e. The van der Waals surface area contributed by atoms with Gasteiger partial charge in [0.05, 0.1) is 11.9 Å². The molecule has 1 amide bonds. The Morgan fingerprint density at radius 2 is 2.30 bits per heavy atom. The molecule has 20 heavy (non-hydrogen) atoms. The minimum atomic E-state index is -0.144. The molecule has 2 heterocycles. The molecular weight excluding hydrogens is 252 g/mol. The molecule has 1 aliphatic heterocycles. The van der Waals surface area contributed by atoms with Crippen LogP contribution >= 0.6 is 0 Å². The van der Waals surface area contributed by atoms with Crippen molar-refractivity contribution in [2.24, 2.45) is 5.92 Å². The first-order valence-corrected chi connectivity index (χ1v) is 7.37. The lowest BCUT2D eigenvalue weighted by molar-refractivity contribution is 0.0912. The Balaban J connectivity index is 1.82. The number of rotatable bonds is 4. The van der Waals surface area contributed by atoms with E-state index in [1.54, 1.807) is 6.20 Å². The fourth-order valence-electron chi connectivity index (χ4n) is 2.60. The lowest BCUT2D eigenvalue weighted by atomic mass is 9.99. The van der Waals surface area contributed by atoms with E-state index in [0.29, 0.717) is 18.3 Å². The van der Waals surface area contributed by atoms with E-state index in [0.717, 1.165) is 24.7 Å². The van der Waals surface area contributed by atoms with Gasteiger partial charge in [0.25, 0.3) is 5.91 Å². The minimum absolute atomic E-state index is 0.144. The van der Waals surface area contributed by atoms with Crippen molar-refractivity contribution in [3.8, 4) is 0 Å². The highest BCUT2D eigenvalue weighted by Gasteiger charge is 2.21. The fraction of sp³-hybridized carbons (Fsp3) is 0.667. The molecular formula is C15H24N4O. The van der Waals surface area contributed by atoms with Crippen molar-refractivity contribution >= 4 is 5.91 Å².